The zero-order chi connectivity index (χ0) is 28.6. The zero-order valence-electron chi connectivity index (χ0n) is 23.8. The number of likely N-dealkylation sites (tertiary alicyclic amines) is 1. The number of ether oxygens (including phenoxy) is 4. The van der Waals surface area contributed by atoms with Crippen LogP contribution in [0.1, 0.15) is 53.9 Å². The number of rotatable bonds is 8. The summed E-state index contributed by atoms with van der Waals surface area (Å²) in [6, 6.07) is 16.2. The molecule has 4 aromatic rings. The fraction of sp³-hybridized carbons (Fsp3) is 0.394. The lowest BCUT2D eigenvalue weighted by molar-refractivity contribution is -0.0592. The molecular weight excluding hydrogens is 552 g/mol. The van der Waals surface area contributed by atoms with Crippen molar-refractivity contribution in [2.45, 2.75) is 50.5 Å². The SMILES string of the molecule is C=C(OC)c1ccc2nc(CN3CCC(c4cccc5c4O[C@@H](c4ccc(Cl)cn4)CO5)CC3)n(C[C@@H]3CCO3)c2c1. The second-order valence-electron chi connectivity index (χ2n) is 11.3. The van der Waals surface area contributed by atoms with Gasteiger partial charge in [-0.25, -0.2) is 4.98 Å². The molecule has 7 rings (SSSR count). The van der Waals surface area contributed by atoms with Crippen molar-refractivity contribution >= 4 is 28.4 Å². The van der Waals surface area contributed by atoms with E-state index in [1.807, 2.05) is 24.3 Å². The van der Waals surface area contributed by atoms with Crippen molar-refractivity contribution in [1.29, 1.82) is 0 Å². The number of para-hydroxylation sites is 1. The van der Waals surface area contributed by atoms with Crippen molar-refractivity contribution in [2.24, 2.45) is 0 Å². The van der Waals surface area contributed by atoms with Gasteiger partial charge in [-0.15, -0.1) is 0 Å². The average Bonchev–Trinajstić information content (AvgIpc) is 3.34. The van der Waals surface area contributed by atoms with Gasteiger partial charge in [-0.05, 0) is 74.7 Å². The summed E-state index contributed by atoms with van der Waals surface area (Å²) in [5, 5.41) is 0.608. The van der Waals surface area contributed by atoms with Gasteiger partial charge in [0.15, 0.2) is 17.6 Å². The van der Waals surface area contributed by atoms with Crippen molar-refractivity contribution in [2.75, 3.05) is 33.4 Å². The summed E-state index contributed by atoms with van der Waals surface area (Å²) in [7, 11) is 1.65. The van der Waals surface area contributed by atoms with E-state index >= 15 is 0 Å². The Hall–Kier alpha value is -3.59. The van der Waals surface area contributed by atoms with E-state index in [4.69, 9.17) is 35.5 Å². The summed E-state index contributed by atoms with van der Waals surface area (Å²) in [4.78, 5) is 12.0. The van der Waals surface area contributed by atoms with E-state index in [0.717, 1.165) is 91.7 Å². The number of aromatic nitrogens is 3. The molecule has 2 aromatic heterocycles. The van der Waals surface area contributed by atoms with Gasteiger partial charge in [-0.1, -0.05) is 30.3 Å². The van der Waals surface area contributed by atoms with E-state index in [0.29, 0.717) is 23.3 Å². The predicted molar refractivity (Wildman–Crippen MR) is 162 cm³/mol. The molecule has 0 saturated carbocycles. The number of halogens is 1. The minimum Gasteiger partial charge on any atom is -0.497 e. The van der Waals surface area contributed by atoms with E-state index in [2.05, 4.69) is 45.3 Å². The van der Waals surface area contributed by atoms with Crippen molar-refractivity contribution < 1.29 is 18.9 Å². The Balaban J connectivity index is 1.07. The summed E-state index contributed by atoms with van der Waals surface area (Å²) in [6.45, 7) is 8.86. The molecule has 5 heterocycles. The molecule has 3 aliphatic heterocycles. The fourth-order valence-electron chi connectivity index (χ4n) is 6.18. The maximum absolute atomic E-state index is 6.52. The summed E-state index contributed by atoms with van der Waals surface area (Å²) in [6.07, 6.45) is 4.78. The van der Waals surface area contributed by atoms with Crippen LogP contribution in [0.15, 0.2) is 61.3 Å². The van der Waals surface area contributed by atoms with Crippen LogP contribution >= 0.6 is 11.6 Å². The van der Waals surface area contributed by atoms with Crippen molar-refractivity contribution in [3.63, 3.8) is 0 Å². The Kier molecular flexibility index (Phi) is 7.52. The largest absolute Gasteiger partial charge is 0.497 e. The quantitative estimate of drug-likeness (QED) is 0.222. The summed E-state index contributed by atoms with van der Waals surface area (Å²) >= 11 is 6.05. The number of hydrogen-bond donors (Lipinski definition) is 0. The second-order valence-corrected chi connectivity index (χ2v) is 11.7. The third kappa shape index (κ3) is 5.35. The second kappa shape index (κ2) is 11.6. The van der Waals surface area contributed by atoms with Crippen LogP contribution in [0.5, 0.6) is 11.5 Å². The number of methoxy groups -OCH3 is 1. The lowest BCUT2D eigenvalue weighted by Gasteiger charge is -2.35. The van der Waals surface area contributed by atoms with Gasteiger partial charge >= 0.3 is 0 Å². The van der Waals surface area contributed by atoms with E-state index in [1.54, 1.807) is 13.3 Å². The normalized spacial score (nSPS) is 20.8. The predicted octanol–water partition coefficient (Wildman–Crippen LogP) is 6.38. The van der Waals surface area contributed by atoms with Gasteiger partial charge in [0.25, 0.3) is 0 Å². The molecule has 2 fully saturated rings. The number of hydrogen-bond acceptors (Lipinski definition) is 7. The highest BCUT2D eigenvalue weighted by Crippen LogP contribution is 2.44. The molecule has 0 aliphatic carbocycles. The number of imidazole rings is 1. The molecule has 218 valence electrons. The molecule has 0 radical (unpaired) electrons. The maximum atomic E-state index is 6.52. The van der Waals surface area contributed by atoms with Crippen molar-refractivity contribution in [1.82, 2.24) is 19.4 Å². The van der Waals surface area contributed by atoms with Gasteiger partial charge in [0.05, 0.1) is 48.1 Å². The maximum Gasteiger partial charge on any atom is 0.174 e. The smallest absolute Gasteiger partial charge is 0.174 e. The molecular formula is C33H35ClN4O4. The highest BCUT2D eigenvalue weighted by Gasteiger charge is 2.31. The molecule has 2 aromatic carbocycles. The molecule has 0 unspecified atom stereocenters. The Morgan fingerprint density at radius 2 is 1.98 bits per heavy atom. The molecule has 2 saturated heterocycles. The first-order valence-electron chi connectivity index (χ1n) is 14.7. The standard InChI is InChI=1S/C33H35ClN4O4/c1-21(39-2)23-6-8-27-29(16-23)38(18-25-12-15-40-25)32(36-27)19-37-13-10-22(11-14-37)26-4-3-5-30-33(26)42-31(20-41-30)28-9-7-24(34)17-35-28/h3-9,16-17,22,25,31H,1,10-15,18-20H2,2H3/t25-,31+/m0/s1. The Morgan fingerprint density at radius 3 is 2.71 bits per heavy atom. The average molecular weight is 587 g/mol. The molecule has 8 nitrogen and oxygen atoms in total. The first-order valence-corrected chi connectivity index (χ1v) is 15.0. The summed E-state index contributed by atoms with van der Waals surface area (Å²) in [5.74, 6) is 3.77. The Morgan fingerprint density at radius 1 is 1.12 bits per heavy atom. The number of pyridine rings is 1. The number of nitrogens with zero attached hydrogens (tertiary/aromatic N) is 4. The zero-order valence-corrected chi connectivity index (χ0v) is 24.6. The number of benzene rings is 2. The topological polar surface area (TPSA) is 70.9 Å². The van der Waals surface area contributed by atoms with Crippen LogP contribution in [0, 0.1) is 0 Å². The molecule has 0 amide bonds. The molecule has 42 heavy (non-hydrogen) atoms. The Labute approximate surface area is 250 Å². The molecule has 0 spiro atoms. The first-order chi connectivity index (χ1) is 20.6. The van der Waals surface area contributed by atoms with Crippen LogP contribution in [-0.2, 0) is 22.6 Å². The van der Waals surface area contributed by atoms with Crippen LogP contribution in [0.4, 0.5) is 0 Å². The third-order valence-corrected chi connectivity index (χ3v) is 8.93. The van der Waals surface area contributed by atoms with Gasteiger partial charge in [-0.3, -0.25) is 9.88 Å². The van der Waals surface area contributed by atoms with Crippen LogP contribution < -0.4 is 9.47 Å². The highest BCUT2D eigenvalue weighted by molar-refractivity contribution is 6.30. The van der Waals surface area contributed by atoms with E-state index < -0.39 is 0 Å². The van der Waals surface area contributed by atoms with Crippen molar-refractivity contribution in [3.05, 3.63) is 89.0 Å². The van der Waals surface area contributed by atoms with Gasteiger partial charge in [0.2, 0.25) is 0 Å². The lowest BCUT2D eigenvalue weighted by Crippen LogP contribution is -2.35. The van der Waals surface area contributed by atoms with E-state index in [-0.39, 0.29) is 12.2 Å². The highest BCUT2D eigenvalue weighted by atomic mass is 35.5. The minimum absolute atomic E-state index is 0.236. The van der Waals surface area contributed by atoms with Gasteiger partial charge in [0.1, 0.15) is 18.2 Å². The van der Waals surface area contributed by atoms with Gasteiger partial charge < -0.3 is 23.5 Å². The van der Waals surface area contributed by atoms with Crippen molar-refractivity contribution in [3.8, 4) is 11.5 Å². The first kappa shape index (κ1) is 27.3. The van der Waals surface area contributed by atoms with Crippen LogP contribution in [0.25, 0.3) is 16.8 Å². The fourth-order valence-corrected chi connectivity index (χ4v) is 6.29. The monoisotopic (exact) mass is 586 g/mol. The summed E-state index contributed by atoms with van der Waals surface area (Å²) in [5.41, 5.74) is 5.10. The lowest BCUT2D eigenvalue weighted by atomic mass is 9.88. The molecule has 0 N–H and O–H groups in total. The van der Waals surface area contributed by atoms with Gasteiger partial charge in [0, 0.05) is 23.9 Å². The van der Waals surface area contributed by atoms with E-state index in [1.165, 1.54) is 5.56 Å². The van der Waals surface area contributed by atoms with E-state index in [9.17, 15) is 0 Å². The number of fused-ring (bicyclic) bond motifs is 2. The summed E-state index contributed by atoms with van der Waals surface area (Å²) < 4.78 is 26.2. The molecule has 2 atom stereocenters. The molecule has 0 bridgehead atoms. The van der Waals surface area contributed by atoms with Crippen LogP contribution in [-0.4, -0.2) is 59.0 Å². The molecule has 9 heteroatoms. The van der Waals surface area contributed by atoms with Gasteiger partial charge in [-0.2, -0.15) is 0 Å². The minimum atomic E-state index is -0.259. The third-order valence-electron chi connectivity index (χ3n) is 8.71. The molecule has 3 aliphatic rings. The number of piperidine rings is 1. The Bertz CT molecular complexity index is 1590. The van der Waals surface area contributed by atoms with Crippen LogP contribution in [0.2, 0.25) is 5.02 Å². The van der Waals surface area contributed by atoms with Crippen LogP contribution in [0.3, 0.4) is 0 Å².